The molecule has 1 atom stereocenters. The summed E-state index contributed by atoms with van der Waals surface area (Å²) in [5.41, 5.74) is 3.63. The zero-order valence-electron chi connectivity index (χ0n) is 12.7. The molecule has 0 fully saturated rings. The van der Waals surface area contributed by atoms with Crippen molar-refractivity contribution in [1.82, 2.24) is 15.1 Å². The standard InChI is InChI=1S/C16H23N3O/c1-5-12-7-9-13(10-8-12)15(17-6-2)16-14(20-4)11-18-19(16)3/h7-11,15,17H,5-6H2,1-4H3. The van der Waals surface area contributed by atoms with Crippen molar-refractivity contribution in [3.8, 4) is 5.75 Å². The predicted octanol–water partition coefficient (Wildman–Crippen LogP) is 2.69. The summed E-state index contributed by atoms with van der Waals surface area (Å²) in [6.07, 6.45) is 2.82. The predicted molar refractivity (Wildman–Crippen MR) is 81.1 cm³/mol. The summed E-state index contributed by atoms with van der Waals surface area (Å²) < 4.78 is 7.31. The van der Waals surface area contributed by atoms with Gasteiger partial charge in [0.05, 0.1) is 19.3 Å². The summed E-state index contributed by atoms with van der Waals surface area (Å²) in [6.45, 7) is 5.16. The van der Waals surface area contributed by atoms with Crippen LogP contribution in [0.3, 0.4) is 0 Å². The van der Waals surface area contributed by atoms with Gasteiger partial charge >= 0.3 is 0 Å². The van der Waals surface area contributed by atoms with Gasteiger partial charge in [-0.25, -0.2) is 0 Å². The van der Waals surface area contributed by atoms with E-state index in [1.807, 2.05) is 11.7 Å². The zero-order chi connectivity index (χ0) is 14.5. The Balaban J connectivity index is 2.41. The molecule has 0 amide bonds. The van der Waals surface area contributed by atoms with Crippen molar-refractivity contribution in [2.24, 2.45) is 7.05 Å². The Bertz CT molecular complexity index is 545. The van der Waals surface area contributed by atoms with Gasteiger partial charge in [-0.2, -0.15) is 5.10 Å². The Labute approximate surface area is 120 Å². The van der Waals surface area contributed by atoms with Crippen LogP contribution in [0.2, 0.25) is 0 Å². The minimum Gasteiger partial charge on any atom is -0.493 e. The maximum absolute atomic E-state index is 5.44. The van der Waals surface area contributed by atoms with Gasteiger partial charge in [-0.3, -0.25) is 4.68 Å². The molecule has 0 spiro atoms. The highest BCUT2D eigenvalue weighted by molar-refractivity contribution is 5.37. The summed E-state index contributed by atoms with van der Waals surface area (Å²) in [6, 6.07) is 8.82. The molecule has 20 heavy (non-hydrogen) atoms. The molecule has 0 radical (unpaired) electrons. The summed E-state index contributed by atoms with van der Waals surface area (Å²) in [7, 11) is 3.63. The number of ether oxygens (including phenoxy) is 1. The van der Waals surface area contributed by atoms with E-state index >= 15 is 0 Å². The molecule has 2 rings (SSSR count). The molecule has 1 unspecified atom stereocenters. The first-order chi connectivity index (χ1) is 9.71. The molecule has 4 nitrogen and oxygen atoms in total. The van der Waals surface area contributed by atoms with E-state index < -0.39 is 0 Å². The second-order valence-corrected chi connectivity index (χ2v) is 4.81. The van der Waals surface area contributed by atoms with E-state index in [9.17, 15) is 0 Å². The fraction of sp³-hybridized carbons (Fsp3) is 0.438. The molecule has 108 valence electrons. The SMILES string of the molecule is CCNC(c1ccc(CC)cc1)c1c(OC)cnn1C. The summed E-state index contributed by atoms with van der Waals surface area (Å²) in [5, 5.41) is 7.81. The third-order valence-electron chi connectivity index (χ3n) is 3.57. The fourth-order valence-corrected chi connectivity index (χ4v) is 2.44. The van der Waals surface area contributed by atoms with Gasteiger partial charge in [0.1, 0.15) is 5.69 Å². The van der Waals surface area contributed by atoms with E-state index in [2.05, 4.69) is 48.5 Å². The molecule has 1 aromatic heterocycles. The molecule has 0 saturated heterocycles. The van der Waals surface area contributed by atoms with Crippen LogP contribution in [-0.2, 0) is 13.5 Å². The minimum atomic E-state index is 0.0911. The quantitative estimate of drug-likeness (QED) is 0.879. The van der Waals surface area contributed by atoms with Gasteiger partial charge in [0.15, 0.2) is 5.75 Å². The Kier molecular flexibility index (Phi) is 4.79. The molecule has 1 N–H and O–H groups in total. The number of methoxy groups -OCH3 is 1. The molecule has 0 aliphatic rings. The number of hydrogen-bond acceptors (Lipinski definition) is 3. The molecule has 0 bridgehead atoms. The van der Waals surface area contributed by atoms with Crippen LogP contribution in [0.4, 0.5) is 0 Å². The molecular weight excluding hydrogens is 250 g/mol. The molecule has 0 aliphatic heterocycles. The average Bonchev–Trinajstić information content (AvgIpc) is 2.86. The largest absolute Gasteiger partial charge is 0.493 e. The molecular formula is C16H23N3O. The van der Waals surface area contributed by atoms with Crippen LogP contribution < -0.4 is 10.1 Å². The number of nitrogens with zero attached hydrogens (tertiary/aromatic N) is 2. The van der Waals surface area contributed by atoms with Crippen molar-refractivity contribution < 1.29 is 4.74 Å². The molecule has 1 aromatic carbocycles. The normalized spacial score (nSPS) is 12.4. The third-order valence-corrected chi connectivity index (χ3v) is 3.57. The molecule has 1 heterocycles. The Morgan fingerprint density at radius 3 is 2.50 bits per heavy atom. The number of nitrogens with one attached hydrogen (secondary N) is 1. The van der Waals surface area contributed by atoms with Crippen molar-refractivity contribution in [2.45, 2.75) is 26.3 Å². The van der Waals surface area contributed by atoms with Crippen LogP contribution in [0.1, 0.15) is 36.7 Å². The topological polar surface area (TPSA) is 39.1 Å². The number of benzene rings is 1. The van der Waals surface area contributed by atoms with Crippen molar-refractivity contribution in [3.05, 3.63) is 47.3 Å². The Morgan fingerprint density at radius 2 is 1.95 bits per heavy atom. The highest BCUT2D eigenvalue weighted by Gasteiger charge is 2.21. The Hall–Kier alpha value is -1.81. The van der Waals surface area contributed by atoms with Gasteiger partial charge in [0.2, 0.25) is 0 Å². The first kappa shape index (κ1) is 14.6. The summed E-state index contributed by atoms with van der Waals surface area (Å²) >= 11 is 0. The van der Waals surface area contributed by atoms with Crippen LogP contribution in [0.15, 0.2) is 30.5 Å². The maximum atomic E-state index is 5.44. The van der Waals surface area contributed by atoms with Gasteiger partial charge in [0, 0.05) is 7.05 Å². The van der Waals surface area contributed by atoms with Crippen LogP contribution in [0.25, 0.3) is 0 Å². The van der Waals surface area contributed by atoms with Crippen LogP contribution in [-0.4, -0.2) is 23.4 Å². The van der Waals surface area contributed by atoms with E-state index in [1.54, 1.807) is 13.3 Å². The van der Waals surface area contributed by atoms with Gasteiger partial charge in [-0.1, -0.05) is 38.1 Å². The van der Waals surface area contributed by atoms with Crippen molar-refractivity contribution in [2.75, 3.05) is 13.7 Å². The van der Waals surface area contributed by atoms with Crippen molar-refractivity contribution in [1.29, 1.82) is 0 Å². The fourth-order valence-electron chi connectivity index (χ4n) is 2.44. The number of rotatable bonds is 6. The Morgan fingerprint density at radius 1 is 1.25 bits per heavy atom. The van der Waals surface area contributed by atoms with Crippen LogP contribution >= 0.6 is 0 Å². The van der Waals surface area contributed by atoms with Crippen molar-refractivity contribution in [3.63, 3.8) is 0 Å². The highest BCUT2D eigenvalue weighted by Crippen LogP contribution is 2.29. The molecule has 2 aromatic rings. The van der Waals surface area contributed by atoms with Crippen LogP contribution in [0, 0.1) is 0 Å². The lowest BCUT2D eigenvalue weighted by molar-refractivity contribution is 0.401. The third kappa shape index (κ3) is 2.85. The summed E-state index contributed by atoms with van der Waals surface area (Å²) in [5.74, 6) is 0.818. The second-order valence-electron chi connectivity index (χ2n) is 4.81. The summed E-state index contributed by atoms with van der Waals surface area (Å²) in [4.78, 5) is 0. The lowest BCUT2D eigenvalue weighted by Crippen LogP contribution is -2.24. The van der Waals surface area contributed by atoms with Crippen LogP contribution in [0.5, 0.6) is 5.75 Å². The zero-order valence-corrected chi connectivity index (χ0v) is 12.7. The van der Waals surface area contributed by atoms with Gasteiger partial charge in [0.25, 0.3) is 0 Å². The minimum absolute atomic E-state index is 0.0911. The smallest absolute Gasteiger partial charge is 0.161 e. The molecule has 0 aliphatic carbocycles. The molecule has 4 heteroatoms. The number of aryl methyl sites for hydroxylation is 2. The van der Waals surface area contributed by atoms with Crippen molar-refractivity contribution >= 4 is 0 Å². The van der Waals surface area contributed by atoms with E-state index in [-0.39, 0.29) is 6.04 Å². The monoisotopic (exact) mass is 273 g/mol. The lowest BCUT2D eigenvalue weighted by Gasteiger charge is -2.20. The molecule has 0 saturated carbocycles. The van der Waals surface area contributed by atoms with Gasteiger partial charge < -0.3 is 10.1 Å². The maximum Gasteiger partial charge on any atom is 0.161 e. The number of aromatic nitrogens is 2. The van der Waals surface area contributed by atoms with E-state index in [1.165, 1.54) is 11.1 Å². The van der Waals surface area contributed by atoms with E-state index in [4.69, 9.17) is 4.74 Å². The van der Waals surface area contributed by atoms with E-state index in [0.717, 1.165) is 24.4 Å². The first-order valence-corrected chi connectivity index (χ1v) is 7.09. The van der Waals surface area contributed by atoms with E-state index in [0.29, 0.717) is 0 Å². The van der Waals surface area contributed by atoms with Gasteiger partial charge in [-0.15, -0.1) is 0 Å². The highest BCUT2D eigenvalue weighted by atomic mass is 16.5. The number of hydrogen-bond donors (Lipinski definition) is 1. The first-order valence-electron chi connectivity index (χ1n) is 7.09. The second kappa shape index (κ2) is 6.57. The van der Waals surface area contributed by atoms with Gasteiger partial charge in [-0.05, 0) is 24.1 Å². The average molecular weight is 273 g/mol. The lowest BCUT2D eigenvalue weighted by atomic mass is 10.0.